The lowest BCUT2D eigenvalue weighted by molar-refractivity contribution is -0.123. The number of benzene rings is 3. The number of halogens is 1. The molecule has 1 aliphatic rings. The van der Waals surface area contributed by atoms with Gasteiger partial charge >= 0.3 is 0 Å². The molecule has 0 spiro atoms. The van der Waals surface area contributed by atoms with Crippen molar-refractivity contribution in [3.05, 3.63) is 112 Å². The van der Waals surface area contributed by atoms with Crippen LogP contribution in [0.15, 0.2) is 89.8 Å². The minimum atomic E-state index is -0.635. The summed E-state index contributed by atoms with van der Waals surface area (Å²) in [6.45, 7) is 1.22. The molecule has 1 aromatic heterocycles. The van der Waals surface area contributed by atoms with Crippen molar-refractivity contribution in [2.75, 3.05) is 6.54 Å². The Balaban J connectivity index is 1.15. The van der Waals surface area contributed by atoms with Crippen molar-refractivity contribution in [3.63, 3.8) is 0 Å². The number of carbonyl (C=O) groups is 2. The summed E-state index contributed by atoms with van der Waals surface area (Å²) in [7, 11) is 0. The Hall–Kier alpha value is -3.52. The zero-order valence-corrected chi connectivity index (χ0v) is 23.8. The molecule has 0 aliphatic heterocycles. The summed E-state index contributed by atoms with van der Waals surface area (Å²) in [6, 6.07) is 24.7. The van der Waals surface area contributed by atoms with Crippen LogP contribution in [0, 0.1) is 0 Å². The standard InChI is InChI=1S/C32H33ClN4O2S/c33-26-10-6-7-22(17-26)19-35-32(39)28(11-4-5-16-34-29-18-27(29)30-20-40-21-36-30)37-31(38)25-14-12-24(13-15-25)23-8-2-1-3-9-23/h1-3,6-10,12-15,17,20-21,27-29,34H,4-5,11,16,18-19H2,(H,35,39)(H,37,38)/t27-,28?,29-/m1/s1. The van der Waals surface area contributed by atoms with E-state index in [0.29, 0.717) is 35.5 Å². The van der Waals surface area contributed by atoms with E-state index in [4.69, 9.17) is 11.6 Å². The van der Waals surface area contributed by atoms with Gasteiger partial charge in [0.2, 0.25) is 5.91 Å². The van der Waals surface area contributed by atoms with Crippen LogP contribution in [-0.4, -0.2) is 35.4 Å². The van der Waals surface area contributed by atoms with Gasteiger partial charge in [0, 0.05) is 34.5 Å². The Morgan fingerprint density at radius 2 is 1.77 bits per heavy atom. The molecule has 1 aliphatic carbocycles. The third kappa shape index (κ3) is 7.78. The lowest BCUT2D eigenvalue weighted by atomic mass is 10.0. The average molecular weight is 573 g/mol. The molecule has 3 N–H and O–H groups in total. The van der Waals surface area contributed by atoms with E-state index < -0.39 is 6.04 Å². The number of unbranched alkanes of at least 4 members (excludes halogenated alkanes) is 1. The third-order valence-electron chi connectivity index (χ3n) is 7.18. The molecule has 5 rings (SSSR count). The largest absolute Gasteiger partial charge is 0.350 e. The number of nitrogens with one attached hydrogen (secondary N) is 3. The van der Waals surface area contributed by atoms with Crippen molar-refractivity contribution in [2.45, 2.75) is 50.2 Å². The Bertz CT molecular complexity index is 1400. The Kier molecular flexibility index (Phi) is 9.60. The fraction of sp³-hybridized carbons (Fsp3) is 0.281. The molecule has 206 valence electrons. The quantitative estimate of drug-likeness (QED) is 0.167. The topological polar surface area (TPSA) is 83.1 Å². The highest BCUT2D eigenvalue weighted by molar-refractivity contribution is 7.07. The summed E-state index contributed by atoms with van der Waals surface area (Å²) < 4.78 is 0. The lowest BCUT2D eigenvalue weighted by Gasteiger charge is -2.19. The molecule has 3 atom stereocenters. The maximum Gasteiger partial charge on any atom is 0.251 e. The van der Waals surface area contributed by atoms with Gasteiger partial charge < -0.3 is 16.0 Å². The molecule has 6 nitrogen and oxygen atoms in total. The molecule has 1 fully saturated rings. The SMILES string of the molecule is O=C(NC(CCCCN[C@@H]1C[C@H]1c1cscn1)C(=O)NCc1cccc(Cl)c1)c1ccc(-c2ccccc2)cc1. The van der Waals surface area contributed by atoms with Crippen LogP contribution in [0.1, 0.15) is 53.2 Å². The van der Waals surface area contributed by atoms with Gasteiger partial charge in [-0.2, -0.15) is 0 Å². The number of hydrogen-bond acceptors (Lipinski definition) is 5. The fourth-order valence-electron chi connectivity index (χ4n) is 4.83. The van der Waals surface area contributed by atoms with Crippen molar-refractivity contribution in [1.29, 1.82) is 0 Å². The monoisotopic (exact) mass is 572 g/mol. The van der Waals surface area contributed by atoms with Gasteiger partial charge in [0.25, 0.3) is 5.91 Å². The van der Waals surface area contributed by atoms with Gasteiger partial charge in [0.05, 0.1) is 11.2 Å². The number of nitrogens with zero attached hydrogens (tertiary/aromatic N) is 1. The average Bonchev–Trinajstić information content (AvgIpc) is 3.54. The summed E-state index contributed by atoms with van der Waals surface area (Å²) in [5.74, 6) is 0.0570. The van der Waals surface area contributed by atoms with Gasteiger partial charge in [-0.25, -0.2) is 4.98 Å². The number of aromatic nitrogens is 1. The first-order valence-corrected chi connectivity index (χ1v) is 15.0. The Morgan fingerprint density at radius 3 is 2.52 bits per heavy atom. The van der Waals surface area contributed by atoms with Gasteiger partial charge in [-0.3, -0.25) is 9.59 Å². The number of hydrogen-bond donors (Lipinski definition) is 3. The molecule has 1 heterocycles. The first kappa shape index (κ1) is 28.0. The predicted octanol–water partition coefficient (Wildman–Crippen LogP) is 6.19. The van der Waals surface area contributed by atoms with Crippen molar-refractivity contribution >= 4 is 34.8 Å². The second-order valence-corrected chi connectivity index (χ2v) is 11.3. The molecular formula is C32H33ClN4O2S. The van der Waals surface area contributed by atoms with Crippen molar-refractivity contribution in [3.8, 4) is 11.1 Å². The van der Waals surface area contributed by atoms with Gasteiger partial charge in [-0.05, 0) is 73.2 Å². The van der Waals surface area contributed by atoms with E-state index in [1.165, 1.54) is 5.69 Å². The van der Waals surface area contributed by atoms with Crippen LogP contribution in [-0.2, 0) is 11.3 Å². The van der Waals surface area contributed by atoms with E-state index in [-0.39, 0.29) is 11.8 Å². The molecule has 8 heteroatoms. The maximum absolute atomic E-state index is 13.2. The van der Waals surface area contributed by atoms with E-state index in [0.717, 1.165) is 42.5 Å². The summed E-state index contributed by atoms with van der Waals surface area (Å²) in [5, 5.41) is 12.3. The molecule has 1 unspecified atom stereocenters. The van der Waals surface area contributed by atoms with Crippen LogP contribution < -0.4 is 16.0 Å². The number of amides is 2. The zero-order chi connectivity index (χ0) is 27.7. The van der Waals surface area contributed by atoms with E-state index in [2.05, 4.69) is 26.3 Å². The first-order chi connectivity index (χ1) is 19.6. The number of thiazole rings is 1. The highest BCUT2D eigenvalue weighted by atomic mass is 35.5. The summed E-state index contributed by atoms with van der Waals surface area (Å²) in [4.78, 5) is 30.7. The molecule has 4 aromatic rings. The lowest BCUT2D eigenvalue weighted by Crippen LogP contribution is -2.46. The van der Waals surface area contributed by atoms with E-state index >= 15 is 0 Å². The van der Waals surface area contributed by atoms with Crippen molar-refractivity contribution in [1.82, 2.24) is 20.9 Å². The summed E-state index contributed by atoms with van der Waals surface area (Å²) >= 11 is 7.73. The second kappa shape index (κ2) is 13.7. The predicted molar refractivity (Wildman–Crippen MR) is 162 cm³/mol. The van der Waals surface area contributed by atoms with Gasteiger partial charge in [-0.1, -0.05) is 66.2 Å². The van der Waals surface area contributed by atoms with E-state index in [1.54, 1.807) is 29.5 Å². The molecule has 0 saturated heterocycles. The van der Waals surface area contributed by atoms with E-state index in [1.807, 2.05) is 66.2 Å². The minimum Gasteiger partial charge on any atom is -0.350 e. The number of carbonyl (C=O) groups excluding carboxylic acids is 2. The van der Waals surface area contributed by atoms with Crippen LogP contribution in [0.3, 0.4) is 0 Å². The Labute approximate surface area is 244 Å². The molecule has 1 saturated carbocycles. The Morgan fingerprint density at radius 1 is 0.975 bits per heavy atom. The van der Waals surface area contributed by atoms with Crippen LogP contribution in [0.5, 0.6) is 0 Å². The van der Waals surface area contributed by atoms with Crippen LogP contribution in [0.2, 0.25) is 5.02 Å². The normalized spacial score (nSPS) is 16.7. The third-order valence-corrected chi connectivity index (χ3v) is 8.02. The molecule has 2 amide bonds. The summed E-state index contributed by atoms with van der Waals surface area (Å²) in [6.07, 6.45) is 3.40. The highest BCUT2D eigenvalue weighted by Gasteiger charge is 2.39. The van der Waals surface area contributed by atoms with Crippen molar-refractivity contribution < 1.29 is 9.59 Å². The smallest absolute Gasteiger partial charge is 0.251 e. The number of rotatable bonds is 13. The molecule has 40 heavy (non-hydrogen) atoms. The zero-order valence-electron chi connectivity index (χ0n) is 22.2. The van der Waals surface area contributed by atoms with Crippen LogP contribution >= 0.6 is 22.9 Å². The fourth-order valence-corrected chi connectivity index (χ4v) is 5.66. The van der Waals surface area contributed by atoms with Crippen molar-refractivity contribution in [2.24, 2.45) is 0 Å². The highest BCUT2D eigenvalue weighted by Crippen LogP contribution is 2.40. The summed E-state index contributed by atoms with van der Waals surface area (Å²) in [5.41, 5.74) is 6.62. The van der Waals surface area contributed by atoms with Gasteiger partial charge in [0.15, 0.2) is 0 Å². The molecular weight excluding hydrogens is 540 g/mol. The first-order valence-electron chi connectivity index (χ1n) is 13.7. The molecule has 3 aromatic carbocycles. The maximum atomic E-state index is 13.2. The molecule has 0 radical (unpaired) electrons. The van der Waals surface area contributed by atoms with Gasteiger partial charge in [-0.15, -0.1) is 11.3 Å². The van der Waals surface area contributed by atoms with E-state index in [9.17, 15) is 9.59 Å². The van der Waals surface area contributed by atoms with Gasteiger partial charge in [0.1, 0.15) is 6.04 Å². The second-order valence-electron chi connectivity index (χ2n) is 10.1. The van der Waals surface area contributed by atoms with Crippen LogP contribution in [0.4, 0.5) is 0 Å². The minimum absolute atomic E-state index is 0.201. The molecule has 0 bridgehead atoms. The van der Waals surface area contributed by atoms with Crippen LogP contribution in [0.25, 0.3) is 11.1 Å².